The topological polar surface area (TPSA) is 73.9 Å². The first-order valence-electron chi connectivity index (χ1n) is 8.43. The Morgan fingerprint density at radius 2 is 1.88 bits per heavy atom. The fraction of sp³-hybridized carbons (Fsp3) is 0.444. The van der Waals surface area contributed by atoms with E-state index in [1.54, 1.807) is 0 Å². The van der Waals surface area contributed by atoms with Gasteiger partial charge >= 0.3 is 12.0 Å². The molecule has 7 heteroatoms. The van der Waals surface area contributed by atoms with Crippen molar-refractivity contribution in [3.05, 3.63) is 47.2 Å². The summed E-state index contributed by atoms with van der Waals surface area (Å²) >= 11 is 0. The fourth-order valence-corrected chi connectivity index (χ4v) is 3.22. The van der Waals surface area contributed by atoms with Crippen LogP contribution in [0.4, 0.5) is 4.79 Å². The van der Waals surface area contributed by atoms with E-state index in [1.807, 2.05) is 30.3 Å². The molecule has 1 atom stereocenters. The predicted molar refractivity (Wildman–Crippen MR) is 93.8 cm³/mol. The van der Waals surface area contributed by atoms with Crippen LogP contribution in [0.5, 0.6) is 0 Å². The largest absolute Gasteiger partial charge is 0.466 e. The van der Waals surface area contributed by atoms with Crippen molar-refractivity contribution >= 4 is 12.0 Å². The Labute approximate surface area is 147 Å². The number of benzene rings is 1. The predicted octanol–water partition coefficient (Wildman–Crippen LogP) is 0.715. The molecule has 0 aliphatic carbocycles. The third-order valence-electron chi connectivity index (χ3n) is 4.67. The van der Waals surface area contributed by atoms with Crippen LogP contribution >= 0.6 is 0 Å². The smallest absolute Gasteiger partial charge is 0.338 e. The first-order valence-corrected chi connectivity index (χ1v) is 8.43. The van der Waals surface area contributed by atoms with E-state index in [-0.39, 0.29) is 6.03 Å². The van der Waals surface area contributed by atoms with Crippen LogP contribution in [0.15, 0.2) is 41.6 Å². The van der Waals surface area contributed by atoms with E-state index < -0.39 is 12.0 Å². The summed E-state index contributed by atoms with van der Waals surface area (Å²) in [5.74, 6) is -0.425. The molecule has 0 spiro atoms. The summed E-state index contributed by atoms with van der Waals surface area (Å²) in [6, 6.07) is 8.66. The summed E-state index contributed by atoms with van der Waals surface area (Å²) in [7, 11) is 3.45. The Kier molecular flexibility index (Phi) is 5.35. The minimum atomic E-state index is -0.509. The molecule has 7 nitrogen and oxygen atoms in total. The van der Waals surface area contributed by atoms with Crippen LogP contribution in [-0.4, -0.2) is 68.7 Å². The molecular weight excluding hydrogens is 320 g/mol. The number of esters is 1. The summed E-state index contributed by atoms with van der Waals surface area (Å²) in [6.45, 7) is 4.25. The standard InChI is InChI=1S/C18H24N4O3/c1-21-8-10-22(11-9-21)12-14-15(17(23)25-2)16(20-18(24)19-14)13-6-4-3-5-7-13/h3-7,16H,8-12H2,1-2H3,(H2,19,20,24)/t16-/m0/s1. The molecule has 0 radical (unpaired) electrons. The fourth-order valence-electron chi connectivity index (χ4n) is 3.22. The number of hydrogen-bond donors (Lipinski definition) is 2. The molecule has 2 aliphatic heterocycles. The molecule has 0 saturated carbocycles. The SMILES string of the molecule is COC(=O)C1=C(CN2CCN(C)CC2)NC(=O)N[C@H]1c1ccccc1. The summed E-state index contributed by atoms with van der Waals surface area (Å²) in [5.41, 5.74) is 1.94. The molecule has 1 saturated heterocycles. The number of ether oxygens (including phenoxy) is 1. The molecule has 134 valence electrons. The molecule has 0 aromatic heterocycles. The molecule has 2 aliphatic rings. The average molecular weight is 344 g/mol. The summed E-state index contributed by atoms with van der Waals surface area (Å²) < 4.78 is 5.00. The molecule has 0 unspecified atom stereocenters. The van der Waals surface area contributed by atoms with Crippen molar-refractivity contribution in [3.63, 3.8) is 0 Å². The molecular formula is C18H24N4O3. The average Bonchev–Trinajstić information content (AvgIpc) is 2.63. The number of carbonyl (C=O) groups is 2. The van der Waals surface area contributed by atoms with Crippen molar-refractivity contribution in [2.45, 2.75) is 6.04 Å². The Bertz CT molecular complexity index is 666. The highest BCUT2D eigenvalue weighted by Gasteiger charge is 2.34. The van der Waals surface area contributed by atoms with Gasteiger partial charge in [0.25, 0.3) is 0 Å². The number of likely N-dealkylation sites (N-methyl/N-ethyl adjacent to an activating group) is 1. The lowest BCUT2D eigenvalue weighted by Gasteiger charge is -2.35. The van der Waals surface area contributed by atoms with Crippen molar-refractivity contribution in [1.82, 2.24) is 20.4 Å². The molecule has 1 aromatic rings. The quantitative estimate of drug-likeness (QED) is 0.787. The molecule has 2 heterocycles. The van der Waals surface area contributed by atoms with Crippen LogP contribution in [0.2, 0.25) is 0 Å². The normalized spacial score (nSPS) is 22.3. The number of nitrogens with one attached hydrogen (secondary N) is 2. The monoisotopic (exact) mass is 344 g/mol. The molecule has 0 bridgehead atoms. The lowest BCUT2D eigenvalue weighted by atomic mass is 9.95. The van der Waals surface area contributed by atoms with Crippen LogP contribution in [0.1, 0.15) is 11.6 Å². The maximum absolute atomic E-state index is 12.5. The number of piperazine rings is 1. The molecule has 1 fully saturated rings. The number of carbonyl (C=O) groups excluding carboxylic acids is 2. The summed E-state index contributed by atoms with van der Waals surface area (Å²) in [6.07, 6.45) is 0. The second-order valence-corrected chi connectivity index (χ2v) is 6.41. The third-order valence-corrected chi connectivity index (χ3v) is 4.67. The number of hydrogen-bond acceptors (Lipinski definition) is 5. The van der Waals surface area contributed by atoms with Crippen LogP contribution in [0.3, 0.4) is 0 Å². The number of nitrogens with zero attached hydrogens (tertiary/aromatic N) is 2. The van der Waals surface area contributed by atoms with Gasteiger partial charge in [0.15, 0.2) is 0 Å². The van der Waals surface area contributed by atoms with Gasteiger partial charge in [-0.05, 0) is 12.6 Å². The van der Waals surface area contributed by atoms with Crippen LogP contribution in [-0.2, 0) is 9.53 Å². The lowest BCUT2D eigenvalue weighted by Crippen LogP contribution is -2.51. The summed E-state index contributed by atoms with van der Waals surface area (Å²) in [4.78, 5) is 29.1. The first kappa shape index (κ1) is 17.4. The van der Waals surface area contributed by atoms with Crippen molar-refractivity contribution in [2.24, 2.45) is 0 Å². The molecule has 25 heavy (non-hydrogen) atoms. The van der Waals surface area contributed by atoms with E-state index >= 15 is 0 Å². The molecule has 2 amide bonds. The second-order valence-electron chi connectivity index (χ2n) is 6.41. The Morgan fingerprint density at radius 1 is 1.20 bits per heavy atom. The van der Waals surface area contributed by atoms with Gasteiger partial charge in [-0.3, -0.25) is 4.90 Å². The van der Waals surface area contributed by atoms with Gasteiger partial charge in [-0.25, -0.2) is 9.59 Å². The van der Waals surface area contributed by atoms with Crippen molar-refractivity contribution in [2.75, 3.05) is 46.9 Å². The van der Waals surface area contributed by atoms with Crippen molar-refractivity contribution < 1.29 is 14.3 Å². The van der Waals surface area contributed by atoms with E-state index in [0.29, 0.717) is 17.8 Å². The van der Waals surface area contributed by atoms with Gasteiger partial charge in [-0.2, -0.15) is 0 Å². The minimum absolute atomic E-state index is 0.300. The number of urea groups is 1. The minimum Gasteiger partial charge on any atom is -0.466 e. The van der Waals surface area contributed by atoms with Crippen molar-refractivity contribution in [1.29, 1.82) is 0 Å². The molecule has 1 aromatic carbocycles. The number of amides is 2. The molecule has 2 N–H and O–H groups in total. The first-order chi connectivity index (χ1) is 12.1. The second kappa shape index (κ2) is 7.67. The highest BCUT2D eigenvalue weighted by atomic mass is 16.5. The van der Waals surface area contributed by atoms with Crippen molar-refractivity contribution in [3.8, 4) is 0 Å². The highest BCUT2D eigenvalue weighted by molar-refractivity contribution is 5.95. The van der Waals surface area contributed by atoms with Gasteiger partial charge in [-0.1, -0.05) is 30.3 Å². The Balaban J connectivity index is 1.92. The van der Waals surface area contributed by atoms with Gasteiger partial charge in [0.05, 0.1) is 18.7 Å². The van der Waals surface area contributed by atoms with E-state index in [2.05, 4.69) is 27.5 Å². The van der Waals surface area contributed by atoms with Gasteiger partial charge in [-0.15, -0.1) is 0 Å². The van der Waals surface area contributed by atoms with E-state index in [0.717, 1.165) is 31.7 Å². The Hall–Kier alpha value is -2.38. The number of methoxy groups -OCH3 is 1. The van der Waals surface area contributed by atoms with Crippen LogP contribution in [0.25, 0.3) is 0 Å². The zero-order valence-corrected chi connectivity index (χ0v) is 14.6. The molecule has 3 rings (SSSR count). The van der Waals surface area contributed by atoms with E-state index in [4.69, 9.17) is 4.74 Å². The maximum Gasteiger partial charge on any atom is 0.338 e. The zero-order valence-electron chi connectivity index (χ0n) is 14.6. The van der Waals surface area contributed by atoms with E-state index in [1.165, 1.54) is 7.11 Å². The third kappa shape index (κ3) is 4.00. The summed E-state index contributed by atoms with van der Waals surface area (Å²) in [5, 5.41) is 5.65. The van der Waals surface area contributed by atoms with Gasteiger partial charge in [0.2, 0.25) is 0 Å². The maximum atomic E-state index is 12.5. The van der Waals surface area contributed by atoms with Gasteiger partial charge < -0.3 is 20.3 Å². The van der Waals surface area contributed by atoms with Gasteiger partial charge in [0, 0.05) is 38.4 Å². The van der Waals surface area contributed by atoms with Gasteiger partial charge in [0.1, 0.15) is 0 Å². The van der Waals surface area contributed by atoms with Crippen LogP contribution in [0, 0.1) is 0 Å². The zero-order chi connectivity index (χ0) is 17.8. The number of rotatable bonds is 4. The Morgan fingerprint density at radius 3 is 2.52 bits per heavy atom. The lowest BCUT2D eigenvalue weighted by molar-refractivity contribution is -0.136. The highest BCUT2D eigenvalue weighted by Crippen LogP contribution is 2.28. The van der Waals surface area contributed by atoms with E-state index in [9.17, 15) is 9.59 Å². The van der Waals surface area contributed by atoms with Crippen LogP contribution < -0.4 is 10.6 Å².